The molecule has 4 aromatic carbocycles. The normalized spacial score (nSPS) is 11.0. The Bertz CT molecular complexity index is 1830. The number of halogens is 2. The molecule has 6 nitrogen and oxygen atoms in total. The summed E-state index contributed by atoms with van der Waals surface area (Å²) in [7, 11) is 0. The fourth-order valence-corrected chi connectivity index (χ4v) is 5.45. The van der Waals surface area contributed by atoms with Gasteiger partial charge in [0.05, 0.1) is 18.5 Å². The van der Waals surface area contributed by atoms with Gasteiger partial charge in [-0.15, -0.1) is 6.58 Å². The van der Waals surface area contributed by atoms with Crippen LogP contribution in [0.15, 0.2) is 115 Å². The molecule has 5 aromatic rings. The Morgan fingerprint density at radius 2 is 1.71 bits per heavy atom. The summed E-state index contributed by atoms with van der Waals surface area (Å²) < 4.78 is 14.3. The lowest BCUT2D eigenvalue weighted by Crippen LogP contribution is -2.17. The van der Waals surface area contributed by atoms with Gasteiger partial charge in [-0.25, -0.2) is 5.43 Å². The SMILES string of the molecule is C=CCc1cc(/C=N/NC(=O)c2ccc(-n3c(C)ccc3-c3ccccc3)cc2)cc(OCC)c1OCc1ccc(Cl)cc1Cl. The van der Waals surface area contributed by atoms with Gasteiger partial charge >= 0.3 is 0 Å². The molecule has 1 aromatic heterocycles. The van der Waals surface area contributed by atoms with Crippen LogP contribution in [0, 0.1) is 6.92 Å². The summed E-state index contributed by atoms with van der Waals surface area (Å²) in [6.07, 6.45) is 3.91. The maximum absolute atomic E-state index is 12.9. The molecule has 1 N–H and O–H groups in total. The van der Waals surface area contributed by atoms with Gasteiger partial charge < -0.3 is 14.0 Å². The molecule has 0 unspecified atom stereocenters. The molecule has 45 heavy (non-hydrogen) atoms. The summed E-state index contributed by atoms with van der Waals surface area (Å²) in [6.45, 7) is 8.53. The Balaban J connectivity index is 1.30. The Hall–Kier alpha value is -4.78. The number of aromatic nitrogens is 1. The number of carbonyl (C=O) groups is 1. The zero-order valence-electron chi connectivity index (χ0n) is 25.1. The highest BCUT2D eigenvalue weighted by Gasteiger charge is 2.15. The zero-order chi connectivity index (χ0) is 31.8. The molecule has 8 heteroatoms. The van der Waals surface area contributed by atoms with E-state index in [1.807, 2.05) is 55.5 Å². The van der Waals surface area contributed by atoms with Crippen LogP contribution in [-0.2, 0) is 13.0 Å². The molecule has 0 aliphatic carbocycles. The van der Waals surface area contributed by atoms with Crippen LogP contribution in [0.2, 0.25) is 10.0 Å². The number of benzene rings is 4. The first kappa shape index (κ1) is 31.6. The first-order valence-corrected chi connectivity index (χ1v) is 15.3. The van der Waals surface area contributed by atoms with Crippen molar-refractivity contribution in [3.63, 3.8) is 0 Å². The predicted molar refractivity (Wildman–Crippen MR) is 183 cm³/mol. The Labute approximate surface area is 273 Å². The summed E-state index contributed by atoms with van der Waals surface area (Å²) in [6, 6.07) is 30.9. The van der Waals surface area contributed by atoms with Crippen molar-refractivity contribution in [3.05, 3.63) is 148 Å². The number of nitrogens with zero attached hydrogens (tertiary/aromatic N) is 2. The minimum atomic E-state index is -0.318. The molecule has 228 valence electrons. The van der Waals surface area contributed by atoms with Gasteiger partial charge in [0.1, 0.15) is 6.61 Å². The standard InChI is InChI=1S/C37H33Cl2N3O3/c1-4-9-29-20-26(21-35(44-5-2)36(29)45-24-30-13-16-31(38)22-33(30)39)23-40-41-37(43)28-14-17-32(18-15-28)42-25(3)12-19-34(42)27-10-7-6-8-11-27/h4,6-8,10-23H,1,5,9,24H2,2-3H3,(H,41,43)/b40-23+. The number of nitrogens with one attached hydrogen (secondary N) is 1. The molecule has 0 radical (unpaired) electrons. The van der Waals surface area contributed by atoms with Crippen LogP contribution < -0.4 is 14.9 Å². The molecule has 1 amide bonds. The maximum atomic E-state index is 12.9. The van der Waals surface area contributed by atoms with Crippen LogP contribution in [0.1, 0.15) is 39.7 Å². The van der Waals surface area contributed by atoms with Gasteiger partial charge in [-0.1, -0.05) is 65.7 Å². The van der Waals surface area contributed by atoms with Crippen LogP contribution in [-0.4, -0.2) is 23.3 Å². The Morgan fingerprint density at radius 3 is 2.42 bits per heavy atom. The molecule has 5 rings (SSSR count). The highest BCUT2D eigenvalue weighted by molar-refractivity contribution is 6.35. The molecule has 0 saturated carbocycles. The van der Waals surface area contributed by atoms with Gasteiger partial charge in [-0.3, -0.25) is 4.79 Å². The van der Waals surface area contributed by atoms with E-state index in [1.54, 1.807) is 36.6 Å². The largest absolute Gasteiger partial charge is 0.490 e. The van der Waals surface area contributed by atoms with E-state index >= 15 is 0 Å². The Morgan fingerprint density at radius 1 is 0.933 bits per heavy atom. The quantitative estimate of drug-likeness (QED) is 0.0842. The van der Waals surface area contributed by atoms with Crippen molar-refractivity contribution in [1.82, 2.24) is 9.99 Å². The third-order valence-electron chi connectivity index (χ3n) is 7.12. The van der Waals surface area contributed by atoms with Crippen LogP contribution in [0.5, 0.6) is 11.5 Å². The maximum Gasteiger partial charge on any atom is 0.271 e. The lowest BCUT2D eigenvalue weighted by Gasteiger charge is -2.17. The number of hydrazone groups is 1. The Kier molecular flexibility index (Phi) is 10.4. The molecule has 0 fully saturated rings. The minimum absolute atomic E-state index is 0.236. The van der Waals surface area contributed by atoms with Gasteiger partial charge in [-0.2, -0.15) is 5.10 Å². The number of rotatable bonds is 12. The smallest absolute Gasteiger partial charge is 0.271 e. The fourth-order valence-electron chi connectivity index (χ4n) is 4.99. The molecule has 1 heterocycles. The second kappa shape index (κ2) is 14.8. The summed E-state index contributed by atoms with van der Waals surface area (Å²) in [5, 5.41) is 5.31. The number of allylic oxidation sites excluding steroid dienone is 1. The van der Waals surface area contributed by atoms with Gasteiger partial charge in [0.25, 0.3) is 5.91 Å². The van der Waals surface area contributed by atoms with Crippen molar-refractivity contribution >= 4 is 35.3 Å². The van der Waals surface area contributed by atoms with E-state index in [-0.39, 0.29) is 12.5 Å². The molecule has 0 atom stereocenters. The minimum Gasteiger partial charge on any atom is -0.490 e. The third kappa shape index (κ3) is 7.66. The van der Waals surface area contributed by atoms with Gasteiger partial charge in [0.15, 0.2) is 11.5 Å². The van der Waals surface area contributed by atoms with E-state index < -0.39 is 0 Å². The second-order valence-electron chi connectivity index (χ2n) is 10.3. The monoisotopic (exact) mass is 637 g/mol. The number of hydrogen-bond donors (Lipinski definition) is 1. The lowest BCUT2D eigenvalue weighted by molar-refractivity contribution is 0.0955. The molecule has 0 aliphatic heterocycles. The van der Waals surface area contributed by atoms with Gasteiger partial charge in [0.2, 0.25) is 0 Å². The van der Waals surface area contributed by atoms with Crippen molar-refractivity contribution in [2.75, 3.05) is 6.61 Å². The highest BCUT2D eigenvalue weighted by Crippen LogP contribution is 2.35. The van der Waals surface area contributed by atoms with Crippen LogP contribution >= 0.6 is 23.2 Å². The van der Waals surface area contributed by atoms with Crippen molar-refractivity contribution in [1.29, 1.82) is 0 Å². The van der Waals surface area contributed by atoms with Crippen molar-refractivity contribution < 1.29 is 14.3 Å². The van der Waals surface area contributed by atoms with Gasteiger partial charge in [-0.05, 0) is 92.1 Å². The van der Waals surface area contributed by atoms with E-state index in [2.05, 4.69) is 52.9 Å². The molecule has 0 bridgehead atoms. The summed E-state index contributed by atoms with van der Waals surface area (Å²) >= 11 is 12.4. The average Bonchev–Trinajstić information content (AvgIpc) is 3.43. The van der Waals surface area contributed by atoms with E-state index in [1.165, 1.54) is 0 Å². The molecule has 0 saturated heterocycles. The summed E-state index contributed by atoms with van der Waals surface area (Å²) in [5.41, 5.74) is 9.80. The third-order valence-corrected chi connectivity index (χ3v) is 7.71. The van der Waals surface area contributed by atoms with Crippen molar-refractivity contribution in [2.24, 2.45) is 5.10 Å². The molecular formula is C37H33Cl2N3O3. The lowest BCUT2D eigenvalue weighted by atomic mass is 10.1. The van der Waals surface area contributed by atoms with E-state index in [0.717, 1.165) is 39.3 Å². The van der Waals surface area contributed by atoms with Crippen molar-refractivity contribution in [2.45, 2.75) is 26.9 Å². The first-order chi connectivity index (χ1) is 21.9. The van der Waals surface area contributed by atoms with Crippen LogP contribution in [0.3, 0.4) is 0 Å². The summed E-state index contributed by atoms with van der Waals surface area (Å²) in [5.74, 6) is 0.833. The number of hydrogen-bond acceptors (Lipinski definition) is 4. The molecule has 0 aliphatic rings. The average molecular weight is 639 g/mol. The molecular weight excluding hydrogens is 605 g/mol. The van der Waals surface area contributed by atoms with Crippen molar-refractivity contribution in [3.8, 4) is 28.4 Å². The van der Waals surface area contributed by atoms with Crippen LogP contribution in [0.4, 0.5) is 0 Å². The van der Waals surface area contributed by atoms with E-state index in [0.29, 0.717) is 40.1 Å². The van der Waals surface area contributed by atoms with E-state index in [4.69, 9.17) is 32.7 Å². The number of ether oxygens (including phenoxy) is 2. The number of aryl methyl sites for hydroxylation is 1. The molecule has 0 spiro atoms. The van der Waals surface area contributed by atoms with Gasteiger partial charge in [0, 0.05) is 38.1 Å². The number of carbonyl (C=O) groups excluding carboxylic acids is 1. The predicted octanol–water partition coefficient (Wildman–Crippen LogP) is 9.23. The van der Waals surface area contributed by atoms with E-state index in [9.17, 15) is 4.79 Å². The fraction of sp³-hybridized carbons (Fsp3) is 0.135. The number of amides is 1. The zero-order valence-corrected chi connectivity index (χ0v) is 26.6. The highest BCUT2D eigenvalue weighted by atomic mass is 35.5. The second-order valence-corrected chi connectivity index (χ2v) is 11.1. The topological polar surface area (TPSA) is 64.9 Å². The van der Waals surface area contributed by atoms with Crippen LogP contribution in [0.25, 0.3) is 16.9 Å². The first-order valence-electron chi connectivity index (χ1n) is 14.5. The summed E-state index contributed by atoms with van der Waals surface area (Å²) in [4.78, 5) is 12.9.